The number of halogens is 5. The van der Waals surface area contributed by atoms with Crippen molar-refractivity contribution in [1.82, 2.24) is 4.98 Å². The van der Waals surface area contributed by atoms with Gasteiger partial charge in [-0.1, -0.05) is 41.7 Å². The highest BCUT2D eigenvalue weighted by molar-refractivity contribution is 9.10. The summed E-state index contributed by atoms with van der Waals surface area (Å²) in [7, 11) is 0. The predicted octanol–water partition coefficient (Wildman–Crippen LogP) is 6.43. The first kappa shape index (κ1) is 16.8. The summed E-state index contributed by atoms with van der Waals surface area (Å²) in [4.78, 5) is 4.32. The van der Waals surface area contributed by atoms with Gasteiger partial charge in [-0.15, -0.1) is 0 Å². The van der Waals surface area contributed by atoms with Crippen LogP contribution in [0.1, 0.15) is 13.3 Å². The molecule has 21 heavy (non-hydrogen) atoms. The molecule has 7 heteroatoms. The van der Waals surface area contributed by atoms with E-state index in [1.54, 1.807) is 18.2 Å². The Morgan fingerprint density at radius 3 is 2.62 bits per heavy atom. The number of anilines is 1. The van der Waals surface area contributed by atoms with Crippen LogP contribution in [0.2, 0.25) is 15.1 Å². The van der Waals surface area contributed by atoms with E-state index in [1.807, 2.05) is 6.92 Å². The molecule has 0 aliphatic rings. The Hall–Kier alpha value is -0.550. The second-order valence-electron chi connectivity index (χ2n) is 4.30. The lowest BCUT2D eigenvalue weighted by molar-refractivity contribution is 0.630. The van der Waals surface area contributed by atoms with Crippen molar-refractivity contribution in [3.8, 4) is 11.3 Å². The van der Waals surface area contributed by atoms with Crippen LogP contribution in [0.25, 0.3) is 11.3 Å². The van der Waals surface area contributed by atoms with Crippen molar-refractivity contribution in [2.75, 3.05) is 11.9 Å². The van der Waals surface area contributed by atoms with E-state index in [9.17, 15) is 4.39 Å². The minimum atomic E-state index is -0.579. The van der Waals surface area contributed by atoms with Gasteiger partial charge in [0.05, 0.1) is 20.8 Å². The van der Waals surface area contributed by atoms with Gasteiger partial charge in [-0.2, -0.15) is 0 Å². The standard InChI is InChI=1S/C14H11BrCl3FN2/c1-2-5-20-14-10(17)6-9(16)13(21-14)7-3-4-8(15)11(18)12(7)19/h3-4,6H,2,5H2,1H3,(H,20,21). The van der Waals surface area contributed by atoms with E-state index in [0.29, 0.717) is 27.6 Å². The Labute approximate surface area is 145 Å². The molecule has 0 unspecified atom stereocenters. The van der Waals surface area contributed by atoms with Crippen LogP contribution in [0.15, 0.2) is 22.7 Å². The Balaban J connectivity index is 2.56. The second-order valence-corrected chi connectivity index (χ2v) is 6.35. The van der Waals surface area contributed by atoms with Crippen LogP contribution in [0.4, 0.5) is 10.2 Å². The number of pyridine rings is 1. The molecule has 2 aromatic rings. The third-order valence-electron chi connectivity index (χ3n) is 2.76. The van der Waals surface area contributed by atoms with Gasteiger partial charge in [0.15, 0.2) is 5.82 Å². The van der Waals surface area contributed by atoms with Crippen molar-refractivity contribution < 1.29 is 4.39 Å². The zero-order chi connectivity index (χ0) is 15.6. The van der Waals surface area contributed by atoms with Crippen LogP contribution in [0.3, 0.4) is 0 Å². The van der Waals surface area contributed by atoms with Gasteiger partial charge >= 0.3 is 0 Å². The summed E-state index contributed by atoms with van der Waals surface area (Å²) in [5.41, 5.74) is 0.524. The van der Waals surface area contributed by atoms with Gasteiger partial charge in [0.25, 0.3) is 0 Å². The molecule has 0 atom stereocenters. The molecular weight excluding hydrogens is 401 g/mol. The zero-order valence-corrected chi connectivity index (χ0v) is 14.8. The minimum Gasteiger partial charge on any atom is -0.369 e. The fraction of sp³-hybridized carbons (Fsp3) is 0.214. The minimum absolute atomic E-state index is 0.0108. The Morgan fingerprint density at radius 2 is 1.95 bits per heavy atom. The van der Waals surface area contributed by atoms with E-state index in [-0.39, 0.29) is 15.6 Å². The number of nitrogens with zero attached hydrogens (tertiary/aromatic N) is 1. The van der Waals surface area contributed by atoms with E-state index in [0.717, 1.165) is 6.42 Å². The summed E-state index contributed by atoms with van der Waals surface area (Å²) in [6.45, 7) is 2.73. The first-order valence-corrected chi connectivity index (χ1v) is 8.12. The molecule has 0 aliphatic heterocycles. The maximum Gasteiger partial charge on any atom is 0.152 e. The summed E-state index contributed by atoms with van der Waals surface area (Å²) in [6, 6.07) is 4.75. The van der Waals surface area contributed by atoms with Gasteiger partial charge in [0.1, 0.15) is 5.82 Å². The van der Waals surface area contributed by atoms with E-state index in [2.05, 4.69) is 26.2 Å². The van der Waals surface area contributed by atoms with Crippen LogP contribution in [0.5, 0.6) is 0 Å². The van der Waals surface area contributed by atoms with Crippen molar-refractivity contribution in [2.24, 2.45) is 0 Å². The average molecular weight is 413 g/mol. The Kier molecular flexibility index (Phi) is 5.72. The molecule has 0 saturated carbocycles. The molecule has 1 aromatic heterocycles. The fourth-order valence-electron chi connectivity index (χ4n) is 1.73. The molecule has 0 amide bonds. The highest BCUT2D eigenvalue weighted by Gasteiger charge is 2.17. The molecule has 2 rings (SSSR count). The molecule has 0 aliphatic carbocycles. The largest absolute Gasteiger partial charge is 0.369 e. The highest BCUT2D eigenvalue weighted by Crippen LogP contribution is 2.37. The van der Waals surface area contributed by atoms with Crippen molar-refractivity contribution in [3.05, 3.63) is 43.6 Å². The molecule has 0 saturated heterocycles. The van der Waals surface area contributed by atoms with Crippen LogP contribution in [-0.2, 0) is 0 Å². The molecule has 1 heterocycles. The number of rotatable bonds is 4. The number of benzene rings is 1. The van der Waals surface area contributed by atoms with Gasteiger partial charge in [-0.3, -0.25) is 0 Å². The van der Waals surface area contributed by atoms with Crippen LogP contribution in [-0.4, -0.2) is 11.5 Å². The third kappa shape index (κ3) is 3.62. The number of nitrogens with one attached hydrogen (secondary N) is 1. The lowest BCUT2D eigenvalue weighted by Crippen LogP contribution is -2.04. The zero-order valence-electron chi connectivity index (χ0n) is 11.0. The summed E-state index contributed by atoms with van der Waals surface area (Å²) in [6.07, 6.45) is 0.911. The van der Waals surface area contributed by atoms with E-state index in [1.165, 1.54) is 0 Å². The average Bonchev–Trinajstić information content (AvgIpc) is 2.45. The Bertz CT molecular complexity index is 680. The second kappa shape index (κ2) is 7.14. The predicted molar refractivity (Wildman–Crippen MR) is 91.1 cm³/mol. The maximum absolute atomic E-state index is 14.3. The number of aromatic nitrogens is 1. The molecule has 1 aromatic carbocycles. The van der Waals surface area contributed by atoms with Gasteiger partial charge in [-0.25, -0.2) is 9.37 Å². The third-order valence-corrected chi connectivity index (χ3v) is 4.60. The first-order valence-electron chi connectivity index (χ1n) is 6.19. The molecule has 112 valence electrons. The molecule has 2 nitrogen and oxygen atoms in total. The van der Waals surface area contributed by atoms with Crippen molar-refractivity contribution >= 4 is 56.6 Å². The quantitative estimate of drug-likeness (QED) is 0.585. The van der Waals surface area contributed by atoms with Crippen molar-refractivity contribution in [1.29, 1.82) is 0 Å². The number of hydrogen-bond acceptors (Lipinski definition) is 2. The summed E-state index contributed by atoms with van der Waals surface area (Å²) in [5, 5.41) is 3.72. The van der Waals surface area contributed by atoms with Crippen LogP contribution >= 0.6 is 50.7 Å². The van der Waals surface area contributed by atoms with E-state index >= 15 is 0 Å². The van der Waals surface area contributed by atoms with Crippen molar-refractivity contribution in [3.63, 3.8) is 0 Å². The molecule has 0 spiro atoms. The molecule has 1 N–H and O–H groups in total. The smallest absolute Gasteiger partial charge is 0.152 e. The topological polar surface area (TPSA) is 24.9 Å². The molecule has 0 bridgehead atoms. The van der Waals surface area contributed by atoms with Gasteiger partial charge in [0, 0.05) is 16.6 Å². The van der Waals surface area contributed by atoms with Gasteiger partial charge in [-0.05, 0) is 40.5 Å². The highest BCUT2D eigenvalue weighted by atomic mass is 79.9. The summed E-state index contributed by atoms with van der Waals surface area (Å²) < 4.78 is 14.8. The lowest BCUT2D eigenvalue weighted by atomic mass is 10.1. The van der Waals surface area contributed by atoms with Gasteiger partial charge < -0.3 is 5.32 Å². The SMILES string of the molecule is CCCNc1nc(-c2ccc(Br)c(Cl)c2F)c(Cl)cc1Cl. The van der Waals surface area contributed by atoms with Crippen LogP contribution < -0.4 is 5.32 Å². The van der Waals surface area contributed by atoms with Gasteiger partial charge in [0.2, 0.25) is 0 Å². The summed E-state index contributed by atoms with van der Waals surface area (Å²) in [5.74, 6) is -0.111. The molecule has 0 fully saturated rings. The Morgan fingerprint density at radius 1 is 1.24 bits per heavy atom. The summed E-state index contributed by atoms with van der Waals surface area (Å²) >= 11 is 21.3. The maximum atomic E-state index is 14.3. The van der Waals surface area contributed by atoms with E-state index < -0.39 is 5.82 Å². The van der Waals surface area contributed by atoms with Crippen LogP contribution in [0, 0.1) is 5.82 Å². The normalized spacial score (nSPS) is 10.8. The number of hydrogen-bond donors (Lipinski definition) is 1. The monoisotopic (exact) mass is 410 g/mol. The fourth-order valence-corrected chi connectivity index (χ4v) is 2.73. The van der Waals surface area contributed by atoms with E-state index in [4.69, 9.17) is 34.8 Å². The van der Waals surface area contributed by atoms with Crippen molar-refractivity contribution in [2.45, 2.75) is 13.3 Å². The lowest BCUT2D eigenvalue weighted by Gasteiger charge is -2.12. The molecule has 0 radical (unpaired) electrons. The molecular formula is C14H11BrCl3FN2. The first-order chi connectivity index (χ1) is 9.95.